The third kappa shape index (κ3) is 3.84. The average molecular weight is 295 g/mol. The van der Waals surface area contributed by atoms with Gasteiger partial charge in [0.05, 0.1) is 11.6 Å². The first-order chi connectivity index (χ1) is 9.37. The summed E-state index contributed by atoms with van der Waals surface area (Å²) in [6, 6.07) is 9.13. The van der Waals surface area contributed by atoms with Crippen LogP contribution in [0.4, 0.5) is 4.39 Å². The summed E-state index contributed by atoms with van der Waals surface area (Å²) in [6.07, 6.45) is 1.96. The third-order valence-corrected chi connectivity index (χ3v) is 3.39. The van der Waals surface area contributed by atoms with E-state index in [0.29, 0.717) is 12.1 Å². The van der Waals surface area contributed by atoms with Gasteiger partial charge in [-0.25, -0.2) is 4.39 Å². The number of nitrogens with zero attached hydrogens (tertiary/aromatic N) is 1. The number of rotatable bonds is 4. The molecule has 108 valence electrons. The zero-order valence-corrected chi connectivity index (χ0v) is 12.8. The quantitative estimate of drug-likeness (QED) is 0.893. The monoisotopic (exact) mass is 294 g/mol. The van der Waals surface area contributed by atoms with Crippen LogP contribution in [0.25, 0.3) is 0 Å². The molecule has 0 unspecified atom stereocenters. The van der Waals surface area contributed by atoms with Crippen LogP contribution in [0.2, 0.25) is 5.02 Å². The minimum absolute atomic E-state index is 0.0520. The Bertz CT molecular complexity index is 584. The third-order valence-electron chi connectivity index (χ3n) is 3.10. The fourth-order valence-corrected chi connectivity index (χ4v) is 2.17. The zero-order valence-electron chi connectivity index (χ0n) is 12.1. The Morgan fingerprint density at radius 3 is 2.65 bits per heavy atom. The van der Waals surface area contributed by atoms with E-state index in [-0.39, 0.29) is 16.4 Å². The van der Waals surface area contributed by atoms with Gasteiger partial charge < -0.3 is 9.88 Å². The Kier molecular flexibility index (Phi) is 4.51. The van der Waals surface area contributed by atoms with Gasteiger partial charge >= 0.3 is 0 Å². The highest BCUT2D eigenvalue weighted by Gasteiger charge is 2.12. The molecular formula is C16H20ClFN2. The number of hydrogen-bond acceptors (Lipinski definition) is 1. The van der Waals surface area contributed by atoms with Gasteiger partial charge in [0.1, 0.15) is 5.82 Å². The van der Waals surface area contributed by atoms with E-state index in [4.69, 9.17) is 11.6 Å². The Morgan fingerprint density at radius 2 is 1.95 bits per heavy atom. The van der Waals surface area contributed by atoms with Crippen molar-refractivity contribution in [2.24, 2.45) is 0 Å². The molecular weight excluding hydrogens is 275 g/mol. The molecule has 1 aromatic heterocycles. The van der Waals surface area contributed by atoms with Crippen molar-refractivity contribution in [3.05, 3.63) is 58.6 Å². The lowest BCUT2D eigenvalue weighted by Gasteiger charge is -2.21. The van der Waals surface area contributed by atoms with E-state index in [9.17, 15) is 4.39 Å². The lowest BCUT2D eigenvalue weighted by Crippen LogP contribution is -2.35. The number of nitrogens with one attached hydrogen (secondary N) is 1. The van der Waals surface area contributed by atoms with Gasteiger partial charge in [0, 0.05) is 29.5 Å². The molecule has 0 spiro atoms. The van der Waals surface area contributed by atoms with E-state index in [0.717, 1.165) is 12.2 Å². The molecule has 0 atom stereocenters. The molecule has 0 aliphatic carbocycles. The number of aromatic nitrogens is 1. The second-order valence-electron chi connectivity index (χ2n) is 5.94. The van der Waals surface area contributed by atoms with Crippen molar-refractivity contribution in [1.82, 2.24) is 9.88 Å². The lowest BCUT2D eigenvalue weighted by atomic mass is 10.1. The molecule has 1 aromatic carbocycles. The van der Waals surface area contributed by atoms with Gasteiger partial charge in [-0.2, -0.15) is 0 Å². The first-order valence-electron chi connectivity index (χ1n) is 6.69. The molecule has 0 radical (unpaired) electrons. The molecule has 2 aromatic rings. The summed E-state index contributed by atoms with van der Waals surface area (Å²) in [6.45, 7) is 7.60. The van der Waals surface area contributed by atoms with Gasteiger partial charge in [0.15, 0.2) is 0 Å². The standard InChI is InChI=1S/C16H20ClFN2/c1-16(2,3)19-10-13-7-5-9-20(13)11-12-6-4-8-14(17)15(12)18/h4-9,19H,10-11H2,1-3H3. The van der Waals surface area contributed by atoms with Gasteiger partial charge in [-0.3, -0.25) is 0 Å². The predicted molar refractivity (Wildman–Crippen MR) is 81.5 cm³/mol. The van der Waals surface area contributed by atoms with Crippen molar-refractivity contribution in [3.63, 3.8) is 0 Å². The van der Waals surface area contributed by atoms with Crippen LogP contribution in [-0.2, 0) is 13.1 Å². The molecule has 20 heavy (non-hydrogen) atoms. The molecule has 1 heterocycles. The highest BCUT2D eigenvalue weighted by Crippen LogP contribution is 2.19. The maximum absolute atomic E-state index is 13.9. The van der Waals surface area contributed by atoms with Crippen LogP contribution in [-0.4, -0.2) is 10.1 Å². The van der Waals surface area contributed by atoms with Gasteiger partial charge in [-0.1, -0.05) is 23.7 Å². The SMILES string of the molecule is CC(C)(C)NCc1cccn1Cc1cccc(Cl)c1F. The van der Waals surface area contributed by atoms with Crippen LogP contribution in [0.3, 0.4) is 0 Å². The molecule has 2 nitrogen and oxygen atoms in total. The molecule has 0 amide bonds. The fraction of sp³-hybridized carbons (Fsp3) is 0.375. The van der Waals surface area contributed by atoms with Gasteiger partial charge in [0.25, 0.3) is 0 Å². The van der Waals surface area contributed by atoms with Crippen LogP contribution in [0, 0.1) is 5.82 Å². The maximum atomic E-state index is 13.9. The topological polar surface area (TPSA) is 17.0 Å². The summed E-state index contributed by atoms with van der Waals surface area (Å²) in [7, 11) is 0. The molecule has 0 aliphatic heterocycles. The molecule has 0 fully saturated rings. The van der Waals surface area contributed by atoms with Crippen LogP contribution >= 0.6 is 11.6 Å². The van der Waals surface area contributed by atoms with Crippen molar-refractivity contribution < 1.29 is 4.39 Å². The lowest BCUT2D eigenvalue weighted by molar-refractivity contribution is 0.416. The molecule has 0 saturated carbocycles. The molecule has 2 rings (SSSR count). The van der Waals surface area contributed by atoms with Crippen molar-refractivity contribution in [2.45, 2.75) is 39.4 Å². The number of halogens is 2. The Hall–Kier alpha value is -1.32. The first-order valence-corrected chi connectivity index (χ1v) is 7.06. The molecule has 0 aliphatic rings. The predicted octanol–water partition coefficient (Wildman–Crippen LogP) is 4.22. The average Bonchev–Trinajstić information content (AvgIpc) is 2.79. The van der Waals surface area contributed by atoms with Crippen molar-refractivity contribution >= 4 is 11.6 Å². The Labute approximate surface area is 124 Å². The summed E-state index contributed by atoms with van der Waals surface area (Å²) in [5, 5.41) is 3.61. The molecule has 0 bridgehead atoms. The second-order valence-corrected chi connectivity index (χ2v) is 6.35. The van der Waals surface area contributed by atoms with Crippen LogP contribution in [0.15, 0.2) is 36.5 Å². The minimum Gasteiger partial charge on any atom is -0.346 e. The van der Waals surface area contributed by atoms with Crippen LogP contribution in [0.5, 0.6) is 0 Å². The second kappa shape index (κ2) is 5.98. The Balaban J connectivity index is 2.14. The van der Waals surface area contributed by atoms with Gasteiger partial charge in [-0.15, -0.1) is 0 Å². The number of benzene rings is 1. The highest BCUT2D eigenvalue weighted by atomic mass is 35.5. The summed E-state index contributed by atoms with van der Waals surface area (Å²) in [5.74, 6) is -0.336. The minimum atomic E-state index is -0.336. The first kappa shape index (κ1) is 15.1. The highest BCUT2D eigenvalue weighted by molar-refractivity contribution is 6.30. The molecule has 1 N–H and O–H groups in total. The van der Waals surface area contributed by atoms with E-state index in [1.807, 2.05) is 22.9 Å². The van der Waals surface area contributed by atoms with Crippen molar-refractivity contribution in [3.8, 4) is 0 Å². The Morgan fingerprint density at radius 1 is 1.20 bits per heavy atom. The fourth-order valence-electron chi connectivity index (χ4n) is 1.97. The summed E-state index contributed by atoms with van der Waals surface area (Å²) in [5.41, 5.74) is 1.78. The van der Waals surface area contributed by atoms with E-state index in [2.05, 4.69) is 26.1 Å². The van der Waals surface area contributed by atoms with Crippen molar-refractivity contribution in [1.29, 1.82) is 0 Å². The van der Waals surface area contributed by atoms with E-state index >= 15 is 0 Å². The largest absolute Gasteiger partial charge is 0.346 e. The smallest absolute Gasteiger partial charge is 0.146 e. The van der Waals surface area contributed by atoms with Crippen molar-refractivity contribution in [2.75, 3.05) is 0 Å². The van der Waals surface area contributed by atoms with E-state index < -0.39 is 0 Å². The molecule has 0 saturated heterocycles. The van der Waals surface area contributed by atoms with Gasteiger partial charge in [0.2, 0.25) is 0 Å². The normalized spacial score (nSPS) is 11.8. The van der Waals surface area contributed by atoms with Crippen LogP contribution < -0.4 is 5.32 Å². The van der Waals surface area contributed by atoms with Gasteiger partial charge in [-0.05, 0) is 39.0 Å². The zero-order chi connectivity index (χ0) is 14.8. The molecule has 4 heteroatoms. The van der Waals surface area contributed by atoms with E-state index in [1.54, 1.807) is 18.2 Å². The van der Waals surface area contributed by atoms with E-state index in [1.165, 1.54) is 0 Å². The van der Waals surface area contributed by atoms with Crippen LogP contribution in [0.1, 0.15) is 32.0 Å². The number of hydrogen-bond donors (Lipinski definition) is 1. The summed E-state index contributed by atoms with van der Waals surface area (Å²) < 4.78 is 16.0. The summed E-state index contributed by atoms with van der Waals surface area (Å²) >= 11 is 5.82. The summed E-state index contributed by atoms with van der Waals surface area (Å²) in [4.78, 5) is 0. The maximum Gasteiger partial charge on any atom is 0.146 e.